The highest BCUT2D eigenvalue weighted by atomic mass is 32.2. The Bertz CT molecular complexity index is 798. The van der Waals surface area contributed by atoms with Crippen LogP contribution in [0.4, 0.5) is 4.39 Å². The molecule has 0 spiro atoms. The molecule has 2 amide bonds. The summed E-state index contributed by atoms with van der Waals surface area (Å²) in [4.78, 5) is 26.5. The van der Waals surface area contributed by atoms with Gasteiger partial charge in [0.15, 0.2) is 0 Å². The highest BCUT2D eigenvalue weighted by molar-refractivity contribution is 7.99. The van der Waals surface area contributed by atoms with Crippen LogP contribution >= 0.6 is 11.8 Å². The van der Waals surface area contributed by atoms with E-state index < -0.39 is 6.04 Å². The van der Waals surface area contributed by atoms with Gasteiger partial charge in [0.1, 0.15) is 17.6 Å². The monoisotopic (exact) mass is 404 g/mol. The van der Waals surface area contributed by atoms with Gasteiger partial charge in [-0.25, -0.2) is 4.39 Å². The van der Waals surface area contributed by atoms with Gasteiger partial charge in [-0.05, 0) is 36.2 Å². The number of benzene rings is 2. The fraction of sp³-hybridized carbons (Fsp3) is 0.333. The average molecular weight is 405 g/mol. The highest BCUT2D eigenvalue weighted by Gasteiger charge is 2.25. The molecular formula is C21H25FN2O3S. The Kier molecular flexibility index (Phi) is 8.32. The Morgan fingerprint density at radius 3 is 2.46 bits per heavy atom. The van der Waals surface area contributed by atoms with Crippen LogP contribution in [0, 0.1) is 5.82 Å². The van der Waals surface area contributed by atoms with E-state index in [1.807, 2.05) is 24.3 Å². The summed E-state index contributed by atoms with van der Waals surface area (Å²) in [5, 5.41) is 2.58. The van der Waals surface area contributed by atoms with E-state index in [0.29, 0.717) is 17.9 Å². The number of hydrogen-bond donors (Lipinski definition) is 1. The smallest absolute Gasteiger partial charge is 0.242 e. The molecule has 0 aliphatic rings. The van der Waals surface area contributed by atoms with Gasteiger partial charge < -0.3 is 15.0 Å². The van der Waals surface area contributed by atoms with Crippen LogP contribution in [0.2, 0.25) is 0 Å². The lowest BCUT2D eigenvalue weighted by Gasteiger charge is -2.28. The van der Waals surface area contributed by atoms with Crippen LogP contribution in [0.25, 0.3) is 0 Å². The fourth-order valence-corrected chi connectivity index (χ4v) is 3.56. The Hall–Kier alpha value is -2.54. The molecule has 0 saturated heterocycles. The molecule has 0 aromatic heterocycles. The maximum Gasteiger partial charge on any atom is 0.242 e. The van der Waals surface area contributed by atoms with Gasteiger partial charge >= 0.3 is 0 Å². The molecule has 5 nitrogen and oxygen atoms in total. The minimum Gasteiger partial charge on any atom is -0.497 e. The summed E-state index contributed by atoms with van der Waals surface area (Å²) in [6.07, 6.45) is 0. The quantitative estimate of drug-likeness (QED) is 0.697. The summed E-state index contributed by atoms with van der Waals surface area (Å²) in [5.74, 6) is 0.585. The van der Waals surface area contributed by atoms with E-state index in [1.165, 1.54) is 22.7 Å². The van der Waals surface area contributed by atoms with Crippen LogP contribution in [0.3, 0.4) is 0 Å². The predicted molar refractivity (Wildman–Crippen MR) is 110 cm³/mol. The van der Waals surface area contributed by atoms with E-state index >= 15 is 0 Å². The number of ether oxygens (including phenoxy) is 1. The molecule has 2 rings (SSSR count). The predicted octanol–water partition coefficient (Wildman–Crippen LogP) is 3.23. The van der Waals surface area contributed by atoms with E-state index in [4.69, 9.17) is 4.74 Å². The molecule has 0 radical (unpaired) electrons. The number of rotatable bonds is 9. The molecular weight excluding hydrogens is 379 g/mol. The van der Waals surface area contributed by atoms with Crippen LogP contribution in [-0.2, 0) is 21.9 Å². The summed E-state index contributed by atoms with van der Waals surface area (Å²) in [6.45, 7) is 2.00. The number of amides is 2. The van der Waals surface area contributed by atoms with Crippen molar-refractivity contribution in [3.63, 3.8) is 0 Å². The number of carbonyl (C=O) groups excluding carboxylic acids is 2. The zero-order chi connectivity index (χ0) is 20.5. The maximum atomic E-state index is 13.7. The van der Waals surface area contributed by atoms with Gasteiger partial charge in [0.05, 0.1) is 12.9 Å². The zero-order valence-electron chi connectivity index (χ0n) is 16.3. The molecule has 0 unspecified atom stereocenters. The minimum absolute atomic E-state index is 0.159. The van der Waals surface area contributed by atoms with Crippen molar-refractivity contribution in [2.75, 3.05) is 19.9 Å². The lowest BCUT2D eigenvalue weighted by Crippen LogP contribution is -2.47. The number of methoxy groups -OCH3 is 1. The molecule has 7 heteroatoms. The van der Waals surface area contributed by atoms with Gasteiger partial charge in [0.2, 0.25) is 11.8 Å². The Labute approximate surface area is 169 Å². The number of nitrogens with zero attached hydrogens (tertiary/aromatic N) is 1. The van der Waals surface area contributed by atoms with Gasteiger partial charge in [-0.2, -0.15) is 0 Å². The lowest BCUT2D eigenvalue weighted by molar-refractivity contribution is -0.138. The SMILES string of the molecule is CNC(=O)[C@H](C)N(Cc1ccc(OC)cc1)C(=O)CSCc1ccccc1F. The van der Waals surface area contributed by atoms with Gasteiger partial charge in [0, 0.05) is 19.3 Å². The molecule has 2 aromatic carbocycles. The van der Waals surface area contributed by atoms with Gasteiger partial charge in [-0.1, -0.05) is 30.3 Å². The van der Waals surface area contributed by atoms with Crippen LogP contribution in [0.15, 0.2) is 48.5 Å². The molecule has 1 atom stereocenters. The van der Waals surface area contributed by atoms with Crippen LogP contribution in [0.5, 0.6) is 5.75 Å². The number of hydrogen-bond acceptors (Lipinski definition) is 4. The molecule has 0 heterocycles. The highest BCUT2D eigenvalue weighted by Crippen LogP contribution is 2.19. The summed E-state index contributed by atoms with van der Waals surface area (Å²) >= 11 is 1.33. The molecule has 1 N–H and O–H groups in total. The van der Waals surface area contributed by atoms with Gasteiger partial charge in [-0.3, -0.25) is 9.59 Å². The molecule has 150 valence electrons. The zero-order valence-corrected chi connectivity index (χ0v) is 17.1. The summed E-state index contributed by atoms with van der Waals surface area (Å²) in [7, 11) is 3.13. The first-order chi connectivity index (χ1) is 13.5. The van der Waals surface area contributed by atoms with Crippen molar-refractivity contribution in [2.24, 2.45) is 0 Å². The molecule has 0 aliphatic heterocycles. The van der Waals surface area contributed by atoms with Gasteiger partial charge in [0.25, 0.3) is 0 Å². The number of likely N-dealkylation sites (N-methyl/N-ethyl adjacent to an activating group) is 1. The first-order valence-electron chi connectivity index (χ1n) is 8.91. The van der Waals surface area contributed by atoms with Crippen molar-refractivity contribution >= 4 is 23.6 Å². The third kappa shape index (κ3) is 5.99. The maximum absolute atomic E-state index is 13.7. The van der Waals surface area contributed by atoms with E-state index in [2.05, 4.69) is 5.32 Å². The van der Waals surface area contributed by atoms with E-state index in [9.17, 15) is 14.0 Å². The minimum atomic E-state index is -0.617. The number of nitrogens with one attached hydrogen (secondary N) is 1. The van der Waals surface area contributed by atoms with E-state index in [0.717, 1.165) is 11.3 Å². The number of thioether (sulfide) groups is 1. The summed E-state index contributed by atoms with van der Waals surface area (Å²) in [6, 6.07) is 13.3. The van der Waals surface area contributed by atoms with Crippen molar-refractivity contribution in [3.05, 3.63) is 65.5 Å². The van der Waals surface area contributed by atoms with Crippen molar-refractivity contribution in [1.82, 2.24) is 10.2 Å². The normalized spacial score (nSPS) is 11.6. The Balaban J connectivity index is 2.05. The Morgan fingerprint density at radius 1 is 1.18 bits per heavy atom. The van der Waals surface area contributed by atoms with Crippen LogP contribution in [0.1, 0.15) is 18.1 Å². The summed E-state index contributed by atoms with van der Waals surface area (Å²) < 4.78 is 18.9. The van der Waals surface area contributed by atoms with E-state index in [1.54, 1.807) is 39.3 Å². The first kappa shape index (κ1) is 21.8. The molecule has 0 bridgehead atoms. The molecule has 0 saturated carbocycles. The molecule has 28 heavy (non-hydrogen) atoms. The van der Waals surface area contributed by atoms with Crippen LogP contribution < -0.4 is 10.1 Å². The van der Waals surface area contributed by atoms with Crippen molar-refractivity contribution in [2.45, 2.75) is 25.3 Å². The molecule has 0 fully saturated rings. The van der Waals surface area contributed by atoms with Gasteiger partial charge in [-0.15, -0.1) is 11.8 Å². The largest absolute Gasteiger partial charge is 0.497 e. The third-order valence-electron chi connectivity index (χ3n) is 4.37. The second-order valence-electron chi connectivity index (χ2n) is 6.24. The van der Waals surface area contributed by atoms with Crippen molar-refractivity contribution in [3.8, 4) is 5.75 Å². The molecule has 0 aliphatic carbocycles. The summed E-state index contributed by atoms with van der Waals surface area (Å²) in [5.41, 5.74) is 1.45. The van der Waals surface area contributed by atoms with Crippen LogP contribution in [-0.4, -0.2) is 42.7 Å². The van der Waals surface area contributed by atoms with Crippen molar-refractivity contribution < 1.29 is 18.7 Å². The number of halogens is 1. The topological polar surface area (TPSA) is 58.6 Å². The standard InChI is InChI=1S/C21H25FN2O3S/c1-15(21(26)23-2)24(12-16-8-10-18(27-3)11-9-16)20(25)14-28-13-17-6-4-5-7-19(17)22/h4-11,15H,12-14H2,1-3H3,(H,23,26)/t15-/m0/s1. The molecule has 2 aromatic rings. The Morgan fingerprint density at radius 2 is 1.86 bits per heavy atom. The fourth-order valence-electron chi connectivity index (χ4n) is 2.67. The second-order valence-corrected chi connectivity index (χ2v) is 7.23. The third-order valence-corrected chi connectivity index (χ3v) is 5.33. The van der Waals surface area contributed by atoms with Crippen molar-refractivity contribution in [1.29, 1.82) is 0 Å². The first-order valence-corrected chi connectivity index (χ1v) is 10.1. The second kappa shape index (κ2) is 10.7. The lowest BCUT2D eigenvalue weighted by atomic mass is 10.1. The average Bonchev–Trinajstić information content (AvgIpc) is 2.72. The number of carbonyl (C=O) groups is 2. The van der Waals surface area contributed by atoms with E-state index in [-0.39, 0.29) is 23.4 Å².